The summed E-state index contributed by atoms with van der Waals surface area (Å²) in [6.45, 7) is 1.40. The highest BCUT2D eigenvalue weighted by Crippen LogP contribution is 2.33. The number of benzene rings is 1. The fraction of sp³-hybridized carbons (Fsp3) is 0.333. The smallest absolute Gasteiger partial charge is 0.337 e. The maximum Gasteiger partial charge on any atom is 0.337 e. The van der Waals surface area contributed by atoms with Crippen LogP contribution in [0, 0.1) is 0 Å². The predicted octanol–water partition coefficient (Wildman–Crippen LogP) is 2.55. The molecule has 6 heteroatoms. The molecule has 1 aromatic rings. The van der Waals surface area contributed by atoms with Crippen LogP contribution in [-0.4, -0.2) is 28.2 Å². The van der Waals surface area contributed by atoms with Gasteiger partial charge < -0.3 is 10.2 Å². The zero-order chi connectivity index (χ0) is 13.9. The fourth-order valence-electron chi connectivity index (χ4n) is 1.50. The van der Waals surface area contributed by atoms with Gasteiger partial charge in [-0.25, -0.2) is 4.79 Å². The van der Waals surface area contributed by atoms with Crippen molar-refractivity contribution in [1.29, 1.82) is 0 Å². The predicted molar refractivity (Wildman–Crippen MR) is 73.2 cm³/mol. The van der Waals surface area contributed by atoms with Gasteiger partial charge in [-0.1, -0.05) is 22.0 Å². The number of halogens is 1. The number of aliphatic carboxylic acids is 1. The standard InChI is InChI=1S/C12H13BrO4S/c1-6(14)10(13)9-5-7(18-2)3-4-8(9)11(15)12(16)17/h3-5,10-11,15H,1-2H3,(H,16,17). The minimum atomic E-state index is -1.63. The van der Waals surface area contributed by atoms with Gasteiger partial charge in [-0.15, -0.1) is 11.8 Å². The third kappa shape index (κ3) is 3.34. The van der Waals surface area contributed by atoms with Crippen LogP contribution in [0.4, 0.5) is 0 Å². The Morgan fingerprint density at radius 1 is 1.33 bits per heavy atom. The van der Waals surface area contributed by atoms with Crippen molar-refractivity contribution >= 4 is 39.4 Å². The van der Waals surface area contributed by atoms with Crippen molar-refractivity contribution < 1.29 is 19.8 Å². The summed E-state index contributed by atoms with van der Waals surface area (Å²) in [5, 5.41) is 18.5. The van der Waals surface area contributed by atoms with E-state index in [0.717, 1.165) is 4.90 Å². The van der Waals surface area contributed by atoms with E-state index < -0.39 is 16.9 Å². The summed E-state index contributed by atoms with van der Waals surface area (Å²) in [6, 6.07) is 4.97. The fourth-order valence-corrected chi connectivity index (χ4v) is 2.35. The number of ketones is 1. The number of rotatable bonds is 5. The van der Waals surface area contributed by atoms with Gasteiger partial charge in [-0.3, -0.25) is 4.79 Å². The summed E-state index contributed by atoms with van der Waals surface area (Å²) < 4.78 is 0. The van der Waals surface area contributed by atoms with Crippen molar-refractivity contribution in [2.24, 2.45) is 0 Å². The molecule has 18 heavy (non-hydrogen) atoms. The lowest BCUT2D eigenvalue weighted by Gasteiger charge is -2.16. The lowest BCUT2D eigenvalue weighted by Crippen LogP contribution is -2.15. The lowest BCUT2D eigenvalue weighted by molar-refractivity contribution is -0.147. The molecule has 0 saturated heterocycles. The number of aliphatic hydroxyl groups excluding tert-OH is 1. The maximum absolute atomic E-state index is 11.4. The first-order chi connectivity index (χ1) is 8.38. The highest BCUT2D eigenvalue weighted by molar-refractivity contribution is 9.09. The number of carboxylic acid groups (broad SMARTS) is 1. The largest absolute Gasteiger partial charge is 0.479 e. The van der Waals surface area contributed by atoms with Crippen molar-refractivity contribution in [2.45, 2.75) is 22.8 Å². The number of aliphatic hydroxyl groups is 1. The van der Waals surface area contributed by atoms with Gasteiger partial charge in [0, 0.05) is 4.90 Å². The van der Waals surface area contributed by atoms with Gasteiger partial charge in [0.25, 0.3) is 0 Å². The second-order valence-corrected chi connectivity index (χ2v) is 5.50. The van der Waals surface area contributed by atoms with Crippen LogP contribution in [0.1, 0.15) is 29.0 Å². The summed E-state index contributed by atoms with van der Waals surface area (Å²) in [5.74, 6) is -1.48. The molecule has 1 rings (SSSR count). The molecule has 0 fully saturated rings. The zero-order valence-electron chi connectivity index (χ0n) is 9.88. The monoisotopic (exact) mass is 332 g/mol. The molecule has 1 aromatic carbocycles. The van der Waals surface area contributed by atoms with Gasteiger partial charge in [0.15, 0.2) is 6.10 Å². The summed E-state index contributed by atoms with van der Waals surface area (Å²) in [4.78, 5) is 22.5. The van der Waals surface area contributed by atoms with Gasteiger partial charge in [0.1, 0.15) is 5.78 Å². The van der Waals surface area contributed by atoms with Crippen molar-refractivity contribution in [1.82, 2.24) is 0 Å². The van der Waals surface area contributed by atoms with Crippen LogP contribution in [0.3, 0.4) is 0 Å². The molecule has 0 amide bonds. The number of carboxylic acids is 1. The number of alkyl halides is 1. The normalized spacial score (nSPS) is 14.0. The lowest BCUT2D eigenvalue weighted by atomic mass is 9.98. The van der Waals surface area contributed by atoms with E-state index in [2.05, 4.69) is 15.9 Å². The molecule has 2 atom stereocenters. The second kappa shape index (κ2) is 6.36. The summed E-state index contributed by atoms with van der Waals surface area (Å²) in [5.41, 5.74) is 0.724. The third-order valence-corrected chi connectivity index (χ3v) is 4.32. The van der Waals surface area contributed by atoms with Crippen LogP contribution in [-0.2, 0) is 9.59 Å². The quantitative estimate of drug-likeness (QED) is 0.640. The Morgan fingerprint density at radius 2 is 1.94 bits per heavy atom. The van der Waals surface area contributed by atoms with Crippen molar-refractivity contribution in [2.75, 3.05) is 6.26 Å². The van der Waals surface area contributed by atoms with E-state index in [-0.39, 0.29) is 11.3 Å². The van der Waals surface area contributed by atoms with Crippen molar-refractivity contribution in [3.63, 3.8) is 0 Å². The Bertz CT molecular complexity index is 475. The molecule has 2 N–H and O–H groups in total. The zero-order valence-corrected chi connectivity index (χ0v) is 12.3. The topological polar surface area (TPSA) is 74.6 Å². The van der Waals surface area contributed by atoms with Crippen LogP contribution in [0.25, 0.3) is 0 Å². The molecule has 0 radical (unpaired) electrons. The minimum absolute atomic E-state index is 0.146. The molecule has 4 nitrogen and oxygen atoms in total. The first kappa shape index (κ1) is 15.2. The average Bonchev–Trinajstić information content (AvgIpc) is 2.35. The van der Waals surface area contributed by atoms with Crippen LogP contribution in [0.5, 0.6) is 0 Å². The molecule has 0 aromatic heterocycles. The Hall–Kier alpha value is -0.850. The highest BCUT2D eigenvalue weighted by atomic mass is 79.9. The van der Waals surface area contributed by atoms with E-state index >= 15 is 0 Å². The Labute approximate surface area is 118 Å². The van der Waals surface area contributed by atoms with Crippen LogP contribution in [0.15, 0.2) is 23.1 Å². The molecule has 98 valence electrons. The summed E-state index contributed by atoms with van der Waals surface area (Å²) in [6.07, 6.45) is 0.249. The number of thioether (sulfide) groups is 1. The Kier molecular flexibility index (Phi) is 5.37. The number of carbonyl (C=O) groups excluding carboxylic acids is 1. The SMILES string of the molecule is CSc1ccc(C(O)C(=O)O)c(C(Br)C(C)=O)c1. The van der Waals surface area contributed by atoms with Gasteiger partial charge >= 0.3 is 5.97 Å². The van der Waals surface area contributed by atoms with E-state index in [9.17, 15) is 14.7 Å². The second-order valence-electron chi connectivity index (χ2n) is 3.71. The molecule has 2 unspecified atom stereocenters. The summed E-state index contributed by atoms with van der Waals surface area (Å²) >= 11 is 4.70. The van der Waals surface area contributed by atoms with Crippen LogP contribution < -0.4 is 0 Å². The number of hydrogen-bond donors (Lipinski definition) is 2. The Morgan fingerprint density at radius 3 is 2.39 bits per heavy atom. The molecule has 0 bridgehead atoms. The maximum atomic E-state index is 11.4. The molecule has 0 aliphatic rings. The average molecular weight is 333 g/mol. The highest BCUT2D eigenvalue weighted by Gasteiger charge is 2.24. The van der Waals surface area contributed by atoms with E-state index in [1.165, 1.54) is 24.8 Å². The van der Waals surface area contributed by atoms with Crippen molar-refractivity contribution in [3.05, 3.63) is 29.3 Å². The molecule has 0 aliphatic carbocycles. The molecule has 0 aliphatic heterocycles. The number of Topliss-reactive ketones (excluding diaryl/α,β-unsaturated/α-hetero) is 1. The third-order valence-electron chi connectivity index (χ3n) is 2.45. The first-order valence-electron chi connectivity index (χ1n) is 5.11. The molecule has 0 spiro atoms. The Balaban J connectivity index is 3.33. The van der Waals surface area contributed by atoms with Gasteiger partial charge in [0.2, 0.25) is 0 Å². The molecular weight excluding hydrogens is 320 g/mol. The van der Waals surface area contributed by atoms with E-state index in [1.54, 1.807) is 12.1 Å². The molecule has 0 saturated carbocycles. The van der Waals surface area contributed by atoms with E-state index in [0.29, 0.717) is 5.56 Å². The van der Waals surface area contributed by atoms with Crippen LogP contribution >= 0.6 is 27.7 Å². The van der Waals surface area contributed by atoms with E-state index in [4.69, 9.17) is 5.11 Å². The molecule has 0 heterocycles. The minimum Gasteiger partial charge on any atom is -0.479 e. The first-order valence-corrected chi connectivity index (χ1v) is 7.25. The molecular formula is C12H13BrO4S. The van der Waals surface area contributed by atoms with Crippen LogP contribution in [0.2, 0.25) is 0 Å². The number of carbonyl (C=O) groups is 2. The van der Waals surface area contributed by atoms with E-state index in [1.807, 2.05) is 6.26 Å². The van der Waals surface area contributed by atoms with Gasteiger partial charge in [-0.2, -0.15) is 0 Å². The van der Waals surface area contributed by atoms with Crippen molar-refractivity contribution in [3.8, 4) is 0 Å². The number of hydrogen-bond acceptors (Lipinski definition) is 4. The van der Waals surface area contributed by atoms with Gasteiger partial charge in [0.05, 0.1) is 4.83 Å². The summed E-state index contributed by atoms with van der Waals surface area (Å²) in [7, 11) is 0. The van der Waals surface area contributed by atoms with Gasteiger partial charge in [-0.05, 0) is 36.4 Å².